The van der Waals surface area contributed by atoms with Crippen LogP contribution in [0.5, 0.6) is 0 Å². The highest BCUT2D eigenvalue weighted by atomic mass is 16.6. The molecule has 104 valence electrons. The molecular weight excluding hydrogens is 228 g/mol. The predicted molar refractivity (Wildman–Crippen MR) is 71.6 cm³/mol. The van der Waals surface area contributed by atoms with Gasteiger partial charge in [-0.3, -0.25) is 0 Å². The number of nitrogens with one attached hydrogen (secondary N) is 1. The highest BCUT2D eigenvalue weighted by Gasteiger charge is 2.32. The van der Waals surface area contributed by atoms with E-state index in [1.54, 1.807) is 0 Å². The van der Waals surface area contributed by atoms with Crippen molar-refractivity contribution >= 4 is 6.09 Å². The highest BCUT2D eigenvalue weighted by molar-refractivity contribution is 5.68. The molecule has 1 aliphatic heterocycles. The number of piperazine rings is 1. The van der Waals surface area contributed by atoms with Crippen LogP contribution in [0.1, 0.15) is 46.5 Å². The van der Waals surface area contributed by atoms with Crippen LogP contribution in [0.25, 0.3) is 0 Å². The smallest absolute Gasteiger partial charge is 0.410 e. The molecule has 1 amide bonds. The third-order valence-electron chi connectivity index (χ3n) is 3.83. The van der Waals surface area contributed by atoms with Gasteiger partial charge in [-0.2, -0.15) is 0 Å². The van der Waals surface area contributed by atoms with Gasteiger partial charge in [0.05, 0.1) is 0 Å². The zero-order valence-corrected chi connectivity index (χ0v) is 11.9. The average molecular weight is 254 g/mol. The molecule has 0 bridgehead atoms. The van der Waals surface area contributed by atoms with Gasteiger partial charge >= 0.3 is 6.09 Å². The summed E-state index contributed by atoms with van der Waals surface area (Å²) in [6.07, 6.45) is 5.14. The molecule has 1 saturated carbocycles. The first-order valence-electron chi connectivity index (χ1n) is 7.17. The normalized spacial score (nSPS) is 26.4. The molecule has 1 aliphatic carbocycles. The van der Waals surface area contributed by atoms with Crippen LogP contribution < -0.4 is 5.32 Å². The highest BCUT2D eigenvalue weighted by Crippen LogP contribution is 2.29. The summed E-state index contributed by atoms with van der Waals surface area (Å²) < 4.78 is 5.45. The third-order valence-corrected chi connectivity index (χ3v) is 3.83. The maximum absolute atomic E-state index is 12.1. The number of nitrogens with zero attached hydrogens (tertiary/aromatic N) is 1. The zero-order chi connectivity index (χ0) is 13.2. The van der Waals surface area contributed by atoms with Gasteiger partial charge in [0.1, 0.15) is 5.60 Å². The fourth-order valence-corrected chi connectivity index (χ4v) is 2.95. The largest absolute Gasteiger partial charge is 0.444 e. The zero-order valence-electron chi connectivity index (χ0n) is 11.9. The molecule has 2 aliphatic rings. The van der Waals surface area contributed by atoms with Gasteiger partial charge in [0.2, 0.25) is 0 Å². The van der Waals surface area contributed by atoms with E-state index < -0.39 is 5.60 Å². The lowest BCUT2D eigenvalue weighted by molar-refractivity contribution is 0.0173. The quantitative estimate of drug-likeness (QED) is 0.781. The first-order chi connectivity index (χ1) is 8.46. The summed E-state index contributed by atoms with van der Waals surface area (Å²) in [6.45, 7) is 8.21. The van der Waals surface area contributed by atoms with Crippen LogP contribution in [-0.4, -0.2) is 42.3 Å². The van der Waals surface area contributed by atoms with Crippen LogP contribution in [0.15, 0.2) is 0 Å². The lowest BCUT2D eigenvalue weighted by atomic mass is 9.96. The number of rotatable bonds is 1. The molecule has 1 heterocycles. The van der Waals surface area contributed by atoms with Crippen LogP contribution in [0.2, 0.25) is 0 Å². The van der Waals surface area contributed by atoms with E-state index in [4.69, 9.17) is 4.74 Å². The van der Waals surface area contributed by atoms with Crippen molar-refractivity contribution < 1.29 is 9.53 Å². The number of amides is 1. The van der Waals surface area contributed by atoms with Crippen molar-refractivity contribution in [2.24, 2.45) is 5.92 Å². The van der Waals surface area contributed by atoms with Gasteiger partial charge < -0.3 is 15.0 Å². The summed E-state index contributed by atoms with van der Waals surface area (Å²) >= 11 is 0. The SMILES string of the molecule is CC(C)(C)OC(=O)N1CCNC(C2CCCC2)C1. The molecule has 0 radical (unpaired) electrons. The maximum Gasteiger partial charge on any atom is 0.410 e. The number of carbonyl (C=O) groups excluding carboxylic acids is 1. The Kier molecular flexibility index (Phi) is 4.15. The fourth-order valence-electron chi connectivity index (χ4n) is 2.95. The Bertz CT molecular complexity index is 293. The van der Waals surface area contributed by atoms with E-state index in [0.717, 1.165) is 25.6 Å². The van der Waals surface area contributed by atoms with E-state index in [1.165, 1.54) is 25.7 Å². The number of ether oxygens (including phenoxy) is 1. The van der Waals surface area contributed by atoms with Crippen LogP contribution in [0, 0.1) is 5.92 Å². The van der Waals surface area contributed by atoms with Crippen molar-refractivity contribution in [1.82, 2.24) is 10.2 Å². The van der Waals surface area contributed by atoms with Gasteiger partial charge in [-0.15, -0.1) is 0 Å². The first-order valence-corrected chi connectivity index (χ1v) is 7.17. The summed E-state index contributed by atoms with van der Waals surface area (Å²) in [7, 11) is 0. The second kappa shape index (κ2) is 5.47. The van der Waals surface area contributed by atoms with E-state index >= 15 is 0 Å². The van der Waals surface area contributed by atoms with E-state index in [9.17, 15) is 4.79 Å². The number of hydrogen-bond donors (Lipinski definition) is 1. The molecule has 1 unspecified atom stereocenters. The van der Waals surface area contributed by atoms with E-state index in [2.05, 4.69) is 5.32 Å². The molecule has 2 rings (SSSR count). The molecule has 0 spiro atoms. The molecule has 0 aromatic heterocycles. The Morgan fingerprint density at radius 3 is 2.56 bits per heavy atom. The second-order valence-electron chi connectivity index (χ2n) is 6.53. The minimum absolute atomic E-state index is 0.160. The number of hydrogen-bond acceptors (Lipinski definition) is 3. The van der Waals surface area contributed by atoms with Crippen LogP contribution >= 0.6 is 0 Å². The summed E-state index contributed by atoms with van der Waals surface area (Å²) in [6, 6.07) is 0.466. The molecule has 0 aromatic carbocycles. The molecule has 18 heavy (non-hydrogen) atoms. The summed E-state index contributed by atoms with van der Waals surface area (Å²) in [4.78, 5) is 13.9. The Balaban J connectivity index is 1.87. The van der Waals surface area contributed by atoms with Crippen molar-refractivity contribution in [3.05, 3.63) is 0 Å². The fraction of sp³-hybridized carbons (Fsp3) is 0.929. The summed E-state index contributed by atoms with van der Waals surface area (Å²) in [5.74, 6) is 0.746. The second-order valence-corrected chi connectivity index (χ2v) is 6.53. The Morgan fingerprint density at radius 2 is 1.94 bits per heavy atom. The van der Waals surface area contributed by atoms with E-state index in [0.29, 0.717) is 6.04 Å². The number of carbonyl (C=O) groups is 1. The summed E-state index contributed by atoms with van der Waals surface area (Å²) in [5.41, 5.74) is -0.398. The molecule has 1 saturated heterocycles. The van der Waals surface area contributed by atoms with Gasteiger partial charge in [-0.25, -0.2) is 4.79 Å². The lowest BCUT2D eigenvalue weighted by Crippen LogP contribution is -2.55. The molecule has 4 heteroatoms. The third kappa shape index (κ3) is 3.61. The van der Waals surface area contributed by atoms with Gasteiger partial charge in [-0.05, 0) is 39.5 Å². The van der Waals surface area contributed by atoms with Gasteiger partial charge in [0.25, 0.3) is 0 Å². The standard InChI is InChI=1S/C14H26N2O2/c1-14(2,3)18-13(17)16-9-8-15-12(10-16)11-6-4-5-7-11/h11-12,15H,4-10H2,1-3H3. The van der Waals surface area contributed by atoms with Crippen molar-refractivity contribution in [3.8, 4) is 0 Å². The van der Waals surface area contributed by atoms with Gasteiger partial charge in [0, 0.05) is 25.7 Å². The van der Waals surface area contributed by atoms with Crippen LogP contribution in [0.3, 0.4) is 0 Å². The minimum atomic E-state index is -0.398. The lowest BCUT2D eigenvalue weighted by Gasteiger charge is -2.37. The molecule has 2 fully saturated rings. The topological polar surface area (TPSA) is 41.6 Å². The van der Waals surface area contributed by atoms with E-state index in [1.807, 2.05) is 25.7 Å². The molecular formula is C14H26N2O2. The van der Waals surface area contributed by atoms with Crippen molar-refractivity contribution in [2.45, 2.75) is 58.1 Å². The van der Waals surface area contributed by atoms with Crippen molar-refractivity contribution in [2.75, 3.05) is 19.6 Å². The molecule has 4 nitrogen and oxygen atoms in total. The Hall–Kier alpha value is -0.770. The molecule has 1 N–H and O–H groups in total. The van der Waals surface area contributed by atoms with Gasteiger partial charge in [0.15, 0.2) is 0 Å². The molecule has 0 aromatic rings. The first kappa shape index (κ1) is 13.7. The summed E-state index contributed by atoms with van der Waals surface area (Å²) in [5, 5.41) is 3.56. The maximum atomic E-state index is 12.1. The average Bonchev–Trinajstić information content (AvgIpc) is 2.80. The Labute approximate surface area is 110 Å². The van der Waals surface area contributed by atoms with E-state index in [-0.39, 0.29) is 6.09 Å². The monoisotopic (exact) mass is 254 g/mol. The van der Waals surface area contributed by atoms with Crippen LogP contribution in [0.4, 0.5) is 4.79 Å². The minimum Gasteiger partial charge on any atom is -0.444 e. The molecule has 1 atom stereocenters. The Morgan fingerprint density at radius 1 is 1.28 bits per heavy atom. The van der Waals surface area contributed by atoms with Crippen LogP contribution in [-0.2, 0) is 4.74 Å². The van der Waals surface area contributed by atoms with Crippen molar-refractivity contribution in [1.29, 1.82) is 0 Å². The van der Waals surface area contributed by atoms with Gasteiger partial charge in [-0.1, -0.05) is 12.8 Å². The predicted octanol–water partition coefficient (Wildman–Crippen LogP) is 2.39. The van der Waals surface area contributed by atoms with Crippen molar-refractivity contribution in [3.63, 3.8) is 0 Å².